The topological polar surface area (TPSA) is 94.6 Å². The molecule has 2 aromatic carbocycles. The molecule has 4 heterocycles. The van der Waals surface area contributed by atoms with Crippen molar-refractivity contribution in [1.29, 1.82) is 0 Å². The first-order valence-corrected chi connectivity index (χ1v) is 16.0. The summed E-state index contributed by atoms with van der Waals surface area (Å²) in [6.45, 7) is 3.83. The molecule has 1 saturated heterocycles. The van der Waals surface area contributed by atoms with Gasteiger partial charge in [0.1, 0.15) is 22.7 Å². The maximum atomic E-state index is 13.8. The number of aliphatic hydroxyl groups is 1. The second kappa shape index (κ2) is 10.6. The molecule has 9 nitrogen and oxygen atoms in total. The van der Waals surface area contributed by atoms with Crippen LogP contribution in [0.2, 0.25) is 0 Å². The van der Waals surface area contributed by atoms with Gasteiger partial charge in [-0.15, -0.1) is 0 Å². The first kappa shape index (κ1) is 28.1. The van der Waals surface area contributed by atoms with Gasteiger partial charge in [-0.3, -0.25) is 4.79 Å². The Hall–Kier alpha value is -4.37. The number of methoxy groups -OCH3 is 2. The van der Waals surface area contributed by atoms with Crippen molar-refractivity contribution < 1.29 is 19.4 Å². The molecule has 3 fully saturated rings. The van der Waals surface area contributed by atoms with Crippen molar-refractivity contribution in [2.45, 2.75) is 51.8 Å². The molecule has 232 valence electrons. The normalized spacial score (nSPS) is 20.9. The Morgan fingerprint density at radius 1 is 1.00 bits per heavy atom. The predicted molar refractivity (Wildman–Crippen MR) is 173 cm³/mol. The lowest BCUT2D eigenvalue weighted by Crippen LogP contribution is -2.38. The van der Waals surface area contributed by atoms with Crippen molar-refractivity contribution in [3.63, 3.8) is 0 Å². The van der Waals surface area contributed by atoms with E-state index in [1.165, 1.54) is 19.3 Å². The number of hydrogen-bond donors (Lipinski definition) is 1. The molecule has 0 radical (unpaired) electrons. The smallest absolute Gasteiger partial charge is 0.254 e. The van der Waals surface area contributed by atoms with E-state index in [-0.39, 0.29) is 12.5 Å². The molecule has 2 unspecified atom stereocenters. The highest BCUT2D eigenvalue weighted by atomic mass is 16.5. The number of aliphatic hydroxyl groups excluding tert-OH is 1. The minimum atomic E-state index is -0.141. The Morgan fingerprint density at radius 2 is 1.82 bits per heavy atom. The van der Waals surface area contributed by atoms with Gasteiger partial charge < -0.3 is 28.6 Å². The lowest BCUT2D eigenvalue weighted by Gasteiger charge is -2.27. The van der Waals surface area contributed by atoms with Gasteiger partial charge in [0, 0.05) is 48.3 Å². The van der Waals surface area contributed by atoms with Crippen molar-refractivity contribution in [2.24, 2.45) is 24.8 Å². The zero-order chi connectivity index (χ0) is 31.0. The summed E-state index contributed by atoms with van der Waals surface area (Å²) < 4.78 is 15.8. The van der Waals surface area contributed by atoms with Gasteiger partial charge in [-0.1, -0.05) is 19.1 Å². The Labute approximate surface area is 262 Å². The number of pyridine rings is 1. The average Bonchev–Trinajstić information content (AvgIpc) is 3.47. The van der Waals surface area contributed by atoms with Gasteiger partial charge in [0.15, 0.2) is 5.82 Å². The molecule has 3 aliphatic rings. The van der Waals surface area contributed by atoms with E-state index in [4.69, 9.17) is 19.4 Å². The minimum absolute atomic E-state index is 0.0702. The number of nitrogens with zero attached hydrogens (tertiary/aromatic N) is 5. The first-order chi connectivity index (χ1) is 21.9. The summed E-state index contributed by atoms with van der Waals surface area (Å²) in [5.74, 6) is 3.93. The maximum Gasteiger partial charge on any atom is 0.254 e. The van der Waals surface area contributed by atoms with Crippen LogP contribution in [0.1, 0.15) is 48.5 Å². The molecule has 2 bridgehead atoms. The molecule has 9 heteroatoms. The number of likely N-dealkylation sites (tertiary alicyclic amines) is 1. The van der Waals surface area contributed by atoms with Crippen LogP contribution in [0, 0.1) is 17.8 Å². The SMILES string of the molecule is COc1cccc(-c2ccc3cc(-c4nc5cc(C(=O)N6CC7CCC6[C@@H]7C)cc(OC)c5n4C)n(CC4CC4)c3n2)c1CO. The van der Waals surface area contributed by atoms with E-state index in [1.54, 1.807) is 14.2 Å². The molecule has 1 aliphatic heterocycles. The highest BCUT2D eigenvalue weighted by molar-refractivity contribution is 6.00. The third kappa shape index (κ3) is 4.42. The fourth-order valence-electron chi connectivity index (χ4n) is 7.89. The van der Waals surface area contributed by atoms with E-state index >= 15 is 0 Å². The molecular formula is C36H39N5O4. The van der Waals surface area contributed by atoms with Crippen molar-refractivity contribution in [2.75, 3.05) is 20.8 Å². The summed E-state index contributed by atoms with van der Waals surface area (Å²) in [6.07, 6.45) is 4.70. The lowest BCUT2D eigenvalue weighted by molar-refractivity contribution is 0.0696. The molecule has 0 spiro atoms. The monoisotopic (exact) mass is 605 g/mol. The zero-order valence-corrected chi connectivity index (χ0v) is 26.3. The maximum absolute atomic E-state index is 13.8. The van der Waals surface area contributed by atoms with Crippen LogP contribution in [0.4, 0.5) is 0 Å². The molecule has 3 aromatic heterocycles. The summed E-state index contributed by atoms with van der Waals surface area (Å²) in [4.78, 5) is 26.2. The quantitative estimate of drug-likeness (QED) is 0.232. The Morgan fingerprint density at radius 3 is 2.51 bits per heavy atom. The molecule has 3 atom stereocenters. The van der Waals surface area contributed by atoms with E-state index in [1.807, 2.05) is 43.4 Å². The number of carbonyl (C=O) groups is 1. The van der Waals surface area contributed by atoms with Crippen LogP contribution < -0.4 is 9.47 Å². The van der Waals surface area contributed by atoms with Crippen LogP contribution in [0.3, 0.4) is 0 Å². The molecule has 8 rings (SSSR count). The second-order valence-corrected chi connectivity index (χ2v) is 13.1. The van der Waals surface area contributed by atoms with Gasteiger partial charge in [-0.2, -0.15) is 0 Å². The number of aryl methyl sites for hydroxylation is 1. The summed E-state index contributed by atoms with van der Waals surface area (Å²) in [5.41, 5.74) is 6.46. The first-order valence-electron chi connectivity index (χ1n) is 16.0. The molecule has 2 aliphatic carbocycles. The van der Waals surface area contributed by atoms with Gasteiger partial charge in [0.05, 0.1) is 37.7 Å². The third-order valence-corrected chi connectivity index (χ3v) is 10.6. The molecule has 5 aromatic rings. The number of carbonyl (C=O) groups excluding carboxylic acids is 1. The summed E-state index contributed by atoms with van der Waals surface area (Å²) in [6, 6.07) is 16.2. The van der Waals surface area contributed by atoms with E-state index in [0.29, 0.717) is 40.9 Å². The highest BCUT2D eigenvalue weighted by Gasteiger charge is 2.46. The van der Waals surface area contributed by atoms with E-state index in [0.717, 1.165) is 69.9 Å². The third-order valence-electron chi connectivity index (χ3n) is 10.6. The number of aromatic nitrogens is 4. The zero-order valence-electron chi connectivity index (χ0n) is 26.3. The summed E-state index contributed by atoms with van der Waals surface area (Å²) >= 11 is 0. The average molecular weight is 606 g/mol. The van der Waals surface area contributed by atoms with Crippen LogP contribution in [0.25, 0.3) is 44.8 Å². The van der Waals surface area contributed by atoms with E-state index < -0.39 is 0 Å². The van der Waals surface area contributed by atoms with Gasteiger partial charge >= 0.3 is 0 Å². The number of piperidine rings is 1. The number of hydrogen-bond acceptors (Lipinski definition) is 6. The van der Waals surface area contributed by atoms with Gasteiger partial charge in [0.2, 0.25) is 0 Å². The number of amides is 1. The van der Waals surface area contributed by atoms with Gasteiger partial charge in [0.25, 0.3) is 5.91 Å². The molecule has 1 N–H and O–H groups in total. The molecule has 1 amide bonds. The molecule has 45 heavy (non-hydrogen) atoms. The number of fused-ring (bicyclic) bond motifs is 4. The van der Waals surface area contributed by atoms with Crippen molar-refractivity contribution >= 4 is 28.0 Å². The summed E-state index contributed by atoms with van der Waals surface area (Å²) in [7, 11) is 5.28. The van der Waals surface area contributed by atoms with Crippen LogP contribution in [-0.4, -0.2) is 61.8 Å². The number of benzene rings is 2. The minimum Gasteiger partial charge on any atom is -0.496 e. The number of imidazole rings is 1. The standard InChI is InChI=1S/C36H39N5O4/c1-20-23-11-13-29(20)41(18-23)36(43)24-14-28-33(32(16-24)45-4)39(2)35(38-28)30-15-22-10-12-27(37-34(22)40(30)17-21-8-9-21)25-6-5-7-31(44-3)26(25)19-42/h5-7,10,12,14-16,20-21,23,29,42H,8-9,11,13,17-19H2,1-4H3/t20-,23?,29?/m1/s1. The Balaban J connectivity index is 1.25. The van der Waals surface area contributed by atoms with Crippen LogP contribution in [-0.2, 0) is 20.2 Å². The fourth-order valence-corrected chi connectivity index (χ4v) is 7.89. The largest absolute Gasteiger partial charge is 0.496 e. The van der Waals surface area contributed by atoms with Crippen molar-refractivity contribution in [3.8, 4) is 34.3 Å². The summed E-state index contributed by atoms with van der Waals surface area (Å²) in [5, 5.41) is 11.2. The van der Waals surface area contributed by atoms with E-state index in [9.17, 15) is 9.90 Å². The Kier molecular flexibility index (Phi) is 6.64. The fraction of sp³-hybridized carbons (Fsp3) is 0.417. The van der Waals surface area contributed by atoms with Crippen LogP contribution in [0.15, 0.2) is 48.5 Å². The van der Waals surface area contributed by atoms with Crippen LogP contribution >= 0.6 is 0 Å². The van der Waals surface area contributed by atoms with Gasteiger partial charge in [-0.05, 0) is 79.8 Å². The number of ether oxygens (including phenoxy) is 2. The Bertz CT molecular complexity index is 1970. The van der Waals surface area contributed by atoms with Gasteiger partial charge in [-0.25, -0.2) is 9.97 Å². The van der Waals surface area contributed by atoms with E-state index in [2.05, 4.69) is 33.1 Å². The second-order valence-electron chi connectivity index (χ2n) is 13.1. The number of rotatable bonds is 8. The molecule has 2 saturated carbocycles. The van der Waals surface area contributed by atoms with Crippen molar-refractivity contribution in [3.05, 3.63) is 59.7 Å². The predicted octanol–water partition coefficient (Wildman–Crippen LogP) is 6.05. The van der Waals surface area contributed by atoms with Crippen molar-refractivity contribution in [1.82, 2.24) is 24.0 Å². The lowest BCUT2D eigenvalue weighted by atomic mass is 10.0. The molecular weight excluding hydrogens is 566 g/mol. The van der Waals surface area contributed by atoms with Crippen LogP contribution in [0.5, 0.6) is 11.5 Å². The highest BCUT2D eigenvalue weighted by Crippen LogP contribution is 2.44.